The Balaban J connectivity index is 1.03. The second-order valence-corrected chi connectivity index (χ2v) is 18.4. The molecule has 8 heteroatoms. The van der Waals surface area contributed by atoms with Gasteiger partial charge in [-0.2, -0.15) is 0 Å². The molecule has 0 saturated heterocycles. The Labute approximate surface area is 323 Å². The Morgan fingerprint density at radius 2 is 1.47 bits per heavy atom. The number of ether oxygens (including phenoxy) is 4. The zero-order valence-electron chi connectivity index (χ0n) is 34.8. The number of carbonyl (C=O) groups excluding carboxylic acids is 3. The number of rotatable bonds is 24. The molecule has 1 amide bonds. The summed E-state index contributed by atoms with van der Waals surface area (Å²) in [6.07, 6.45) is 18.7. The molecule has 304 valence electrons. The van der Waals surface area contributed by atoms with E-state index in [-0.39, 0.29) is 35.1 Å². The van der Waals surface area contributed by atoms with Crippen LogP contribution in [0.25, 0.3) is 0 Å². The van der Waals surface area contributed by atoms with Crippen molar-refractivity contribution in [3.05, 3.63) is 11.6 Å². The number of hydrogen-bond acceptors (Lipinski definition) is 7. The SMILES string of the molecule is CC(C)CCC[C@@H](C)[C@H]1CC[C@H]2[C@@H]3CC=C4CC(OC(=O)NCCCOCCOCCOCCCC(=O)CCC(=O)C(C)C)CC[C@]4(C)[C@H]3CC[C@]12C. The molecule has 4 aliphatic carbocycles. The topological polar surface area (TPSA) is 100 Å². The second kappa shape index (κ2) is 21.5. The summed E-state index contributed by atoms with van der Waals surface area (Å²) in [7, 11) is 0. The van der Waals surface area contributed by atoms with Gasteiger partial charge in [-0.15, -0.1) is 0 Å². The minimum Gasteiger partial charge on any atom is -0.446 e. The average Bonchev–Trinajstić information content (AvgIpc) is 3.48. The summed E-state index contributed by atoms with van der Waals surface area (Å²) in [6, 6.07) is 0. The van der Waals surface area contributed by atoms with Crippen LogP contribution in [0, 0.1) is 52.3 Å². The fourth-order valence-corrected chi connectivity index (χ4v) is 10.9. The average molecular weight is 744 g/mol. The van der Waals surface area contributed by atoms with Crippen molar-refractivity contribution in [3.63, 3.8) is 0 Å². The predicted octanol–water partition coefficient (Wildman–Crippen LogP) is 9.92. The predicted molar refractivity (Wildman–Crippen MR) is 212 cm³/mol. The zero-order valence-corrected chi connectivity index (χ0v) is 34.8. The van der Waals surface area contributed by atoms with Crippen LogP contribution in [-0.4, -0.2) is 69.9 Å². The molecule has 8 atom stereocenters. The van der Waals surface area contributed by atoms with Crippen molar-refractivity contribution in [2.75, 3.05) is 46.2 Å². The Kier molecular flexibility index (Phi) is 17.8. The highest BCUT2D eigenvalue weighted by molar-refractivity contribution is 5.86. The summed E-state index contributed by atoms with van der Waals surface area (Å²) in [5.41, 5.74) is 2.33. The van der Waals surface area contributed by atoms with Gasteiger partial charge in [-0.05, 0) is 104 Å². The molecule has 0 aromatic rings. The third-order valence-corrected chi connectivity index (χ3v) is 14.1. The molecular formula is C45H77NO7. The van der Waals surface area contributed by atoms with Gasteiger partial charge in [-0.25, -0.2) is 4.79 Å². The quantitative estimate of drug-likeness (QED) is 0.0776. The first-order chi connectivity index (χ1) is 25.3. The molecule has 0 spiro atoms. The molecule has 4 rings (SSSR count). The summed E-state index contributed by atoms with van der Waals surface area (Å²) in [4.78, 5) is 36.2. The Hall–Kier alpha value is -1.77. The fraction of sp³-hybridized carbons (Fsp3) is 0.889. The first-order valence-electron chi connectivity index (χ1n) is 21.8. The van der Waals surface area contributed by atoms with Gasteiger partial charge in [0.15, 0.2) is 0 Å². The van der Waals surface area contributed by atoms with E-state index in [1.165, 1.54) is 51.4 Å². The summed E-state index contributed by atoms with van der Waals surface area (Å²) in [5, 5.41) is 2.93. The smallest absolute Gasteiger partial charge is 0.407 e. The van der Waals surface area contributed by atoms with Gasteiger partial charge in [0.25, 0.3) is 0 Å². The molecule has 3 fully saturated rings. The van der Waals surface area contributed by atoms with Crippen LogP contribution >= 0.6 is 0 Å². The molecule has 0 aromatic heterocycles. The van der Waals surface area contributed by atoms with Gasteiger partial charge in [0.2, 0.25) is 0 Å². The van der Waals surface area contributed by atoms with Gasteiger partial charge in [-0.1, -0.05) is 79.4 Å². The van der Waals surface area contributed by atoms with E-state index in [0.29, 0.717) is 77.3 Å². The number of alkyl carbamates (subject to hydrolysis) is 1. The highest BCUT2D eigenvalue weighted by Gasteiger charge is 2.59. The van der Waals surface area contributed by atoms with Crippen molar-refractivity contribution in [1.29, 1.82) is 0 Å². The second-order valence-electron chi connectivity index (χ2n) is 18.4. The Morgan fingerprint density at radius 3 is 2.17 bits per heavy atom. The number of fused-ring (bicyclic) bond motifs is 5. The van der Waals surface area contributed by atoms with E-state index in [1.54, 1.807) is 5.57 Å². The van der Waals surface area contributed by atoms with E-state index in [2.05, 4.69) is 46.0 Å². The normalized spacial score (nSPS) is 30.0. The van der Waals surface area contributed by atoms with Crippen LogP contribution in [0.1, 0.15) is 151 Å². The number of allylic oxidation sites excluding steroid dienone is 1. The maximum Gasteiger partial charge on any atom is 0.407 e. The van der Waals surface area contributed by atoms with E-state index >= 15 is 0 Å². The van der Waals surface area contributed by atoms with Crippen molar-refractivity contribution < 1.29 is 33.3 Å². The van der Waals surface area contributed by atoms with Gasteiger partial charge in [0.05, 0.1) is 26.4 Å². The standard InChI is InChI=1S/C45H77NO7/c1-32(2)11-8-12-34(5)39-17-18-40-38-16-14-35-31-37(20-22-44(35,6)41(38)21-23-45(39,40)7)53-43(49)46-24-10-26-51-28-30-52-29-27-50-25-9-13-36(47)15-19-42(48)33(3)4/h14,32-34,37-41H,8-13,15-31H2,1-7H3,(H,46,49)/t34-,37?,38+,39-,40+,41+,44+,45-/m1/s1. The molecule has 0 aromatic carbocycles. The molecule has 1 N–H and O–H groups in total. The van der Waals surface area contributed by atoms with E-state index in [9.17, 15) is 14.4 Å². The van der Waals surface area contributed by atoms with Crippen LogP contribution in [0.5, 0.6) is 0 Å². The van der Waals surface area contributed by atoms with Gasteiger partial charge in [0, 0.05) is 51.4 Å². The van der Waals surface area contributed by atoms with E-state index in [4.69, 9.17) is 18.9 Å². The number of carbonyl (C=O) groups is 3. The molecule has 0 radical (unpaired) electrons. The summed E-state index contributed by atoms with van der Waals surface area (Å²) in [6.45, 7) is 19.7. The number of nitrogens with one attached hydrogen (secondary N) is 1. The maximum atomic E-state index is 12.7. The fourth-order valence-electron chi connectivity index (χ4n) is 10.9. The first kappa shape index (κ1) is 44.0. The third-order valence-electron chi connectivity index (χ3n) is 14.1. The van der Waals surface area contributed by atoms with Crippen molar-refractivity contribution in [2.45, 2.75) is 157 Å². The van der Waals surface area contributed by atoms with Gasteiger partial charge >= 0.3 is 6.09 Å². The molecular weight excluding hydrogens is 666 g/mol. The molecule has 0 bridgehead atoms. The Bertz CT molecular complexity index is 1180. The minimum atomic E-state index is -0.310. The van der Waals surface area contributed by atoms with Crippen molar-refractivity contribution in [2.24, 2.45) is 52.3 Å². The van der Waals surface area contributed by atoms with Crippen molar-refractivity contribution in [1.82, 2.24) is 5.32 Å². The summed E-state index contributed by atoms with van der Waals surface area (Å²) < 4.78 is 22.7. The number of Topliss-reactive ketones (excluding diaryl/α,β-unsaturated/α-hetero) is 2. The van der Waals surface area contributed by atoms with E-state index < -0.39 is 0 Å². The third kappa shape index (κ3) is 12.6. The molecule has 0 heterocycles. The molecule has 4 aliphatic rings. The van der Waals surface area contributed by atoms with Gasteiger partial charge in [-0.3, -0.25) is 9.59 Å². The van der Waals surface area contributed by atoms with Crippen LogP contribution in [-0.2, 0) is 28.5 Å². The molecule has 1 unspecified atom stereocenters. The summed E-state index contributed by atoms with van der Waals surface area (Å²) >= 11 is 0. The highest BCUT2D eigenvalue weighted by Crippen LogP contribution is 2.67. The number of hydrogen-bond donors (Lipinski definition) is 1. The van der Waals surface area contributed by atoms with E-state index in [1.807, 2.05) is 13.8 Å². The monoisotopic (exact) mass is 744 g/mol. The molecule has 3 saturated carbocycles. The van der Waals surface area contributed by atoms with Crippen molar-refractivity contribution >= 4 is 17.7 Å². The van der Waals surface area contributed by atoms with Gasteiger partial charge in [0.1, 0.15) is 17.7 Å². The van der Waals surface area contributed by atoms with Crippen LogP contribution in [0.4, 0.5) is 4.79 Å². The van der Waals surface area contributed by atoms with Crippen LogP contribution < -0.4 is 5.32 Å². The Morgan fingerprint density at radius 1 is 0.774 bits per heavy atom. The largest absolute Gasteiger partial charge is 0.446 e. The highest BCUT2D eigenvalue weighted by atomic mass is 16.6. The molecule has 8 nitrogen and oxygen atoms in total. The van der Waals surface area contributed by atoms with Crippen molar-refractivity contribution in [3.8, 4) is 0 Å². The zero-order chi connectivity index (χ0) is 38.4. The number of amides is 1. The summed E-state index contributed by atoms with van der Waals surface area (Å²) in [5.74, 6) is 5.26. The number of ketones is 2. The molecule has 0 aliphatic heterocycles. The van der Waals surface area contributed by atoms with Crippen LogP contribution in [0.3, 0.4) is 0 Å². The molecule has 53 heavy (non-hydrogen) atoms. The minimum absolute atomic E-state index is 0.0104. The lowest BCUT2D eigenvalue weighted by Crippen LogP contribution is -2.51. The lowest BCUT2D eigenvalue weighted by molar-refractivity contribution is -0.126. The van der Waals surface area contributed by atoms with Gasteiger partial charge < -0.3 is 24.3 Å². The maximum absolute atomic E-state index is 12.7. The first-order valence-corrected chi connectivity index (χ1v) is 21.8. The lowest BCUT2D eigenvalue weighted by atomic mass is 9.47. The van der Waals surface area contributed by atoms with E-state index in [0.717, 1.165) is 61.2 Å². The van der Waals surface area contributed by atoms with Crippen LogP contribution in [0.15, 0.2) is 11.6 Å². The lowest BCUT2D eigenvalue weighted by Gasteiger charge is -2.58. The van der Waals surface area contributed by atoms with Crippen LogP contribution in [0.2, 0.25) is 0 Å².